The Kier molecular flexibility index (Phi) is 6.47. The van der Waals surface area contributed by atoms with Gasteiger partial charge in [-0.3, -0.25) is 4.79 Å². The topological polar surface area (TPSA) is 74.8 Å². The first kappa shape index (κ1) is 19.7. The summed E-state index contributed by atoms with van der Waals surface area (Å²) in [7, 11) is 1.74. The largest absolute Gasteiger partial charge is 0.450 e. The zero-order valence-corrected chi connectivity index (χ0v) is 16.3. The molecule has 28 heavy (non-hydrogen) atoms. The number of aromatic nitrogens is 1. The first-order chi connectivity index (χ1) is 13.6. The van der Waals surface area contributed by atoms with E-state index < -0.39 is 0 Å². The lowest BCUT2D eigenvalue weighted by atomic mass is 10.1. The molecular weight excluding hydrogens is 356 g/mol. The molecule has 0 saturated carbocycles. The second-order valence-electron chi connectivity index (χ2n) is 6.74. The summed E-state index contributed by atoms with van der Waals surface area (Å²) in [6.45, 7) is 3.54. The number of hydrogen-bond donors (Lipinski definition) is 1. The van der Waals surface area contributed by atoms with Gasteiger partial charge in [0, 0.05) is 31.9 Å². The van der Waals surface area contributed by atoms with Crippen LogP contribution in [0.2, 0.25) is 0 Å². The smallest absolute Gasteiger partial charge is 0.409 e. The summed E-state index contributed by atoms with van der Waals surface area (Å²) in [5.41, 5.74) is 2.09. The lowest BCUT2D eigenvalue weighted by molar-refractivity contribution is 0.0978. The van der Waals surface area contributed by atoms with Gasteiger partial charge in [-0.1, -0.05) is 18.2 Å². The quantitative estimate of drug-likeness (QED) is 0.858. The van der Waals surface area contributed by atoms with Crippen molar-refractivity contribution in [2.45, 2.75) is 25.8 Å². The molecule has 0 aliphatic carbocycles. The van der Waals surface area contributed by atoms with Crippen LogP contribution in [0.5, 0.6) is 0 Å². The van der Waals surface area contributed by atoms with Gasteiger partial charge < -0.3 is 19.9 Å². The van der Waals surface area contributed by atoms with Crippen LogP contribution in [0.15, 0.2) is 48.7 Å². The number of para-hydroxylation sites is 1. The van der Waals surface area contributed by atoms with Crippen molar-refractivity contribution in [3.63, 3.8) is 0 Å². The third-order valence-corrected chi connectivity index (χ3v) is 4.82. The number of nitrogens with zero attached hydrogens (tertiary/aromatic N) is 3. The molecule has 0 atom stereocenters. The molecule has 1 aliphatic rings. The number of nitrogens with one attached hydrogen (secondary N) is 1. The SMILES string of the molecule is CCOC(=O)N1CCC(Nc2ccc(C(=O)N(C)c3ccccc3)nc2)CC1. The van der Waals surface area contributed by atoms with Gasteiger partial charge in [-0.15, -0.1) is 0 Å². The monoisotopic (exact) mass is 382 g/mol. The molecule has 1 aromatic carbocycles. The number of anilines is 2. The number of pyridine rings is 1. The maximum atomic E-state index is 12.6. The molecule has 0 bridgehead atoms. The molecule has 0 spiro atoms. The van der Waals surface area contributed by atoms with E-state index in [0.29, 0.717) is 25.4 Å². The Morgan fingerprint density at radius 3 is 2.50 bits per heavy atom. The number of hydrogen-bond acceptors (Lipinski definition) is 5. The molecule has 1 N–H and O–H groups in total. The van der Waals surface area contributed by atoms with Crippen molar-refractivity contribution in [2.24, 2.45) is 0 Å². The summed E-state index contributed by atoms with van der Waals surface area (Å²) in [5, 5.41) is 3.43. The molecule has 7 heteroatoms. The van der Waals surface area contributed by atoms with E-state index in [1.807, 2.05) is 43.3 Å². The number of likely N-dealkylation sites (tertiary alicyclic amines) is 1. The molecule has 2 heterocycles. The zero-order valence-electron chi connectivity index (χ0n) is 16.3. The van der Waals surface area contributed by atoms with Crippen LogP contribution >= 0.6 is 0 Å². The Balaban J connectivity index is 1.54. The summed E-state index contributed by atoms with van der Waals surface area (Å²) >= 11 is 0. The second kappa shape index (κ2) is 9.21. The summed E-state index contributed by atoms with van der Waals surface area (Å²) in [6, 6.07) is 13.3. The molecule has 2 amide bonds. The van der Waals surface area contributed by atoms with Gasteiger partial charge in [-0.25, -0.2) is 9.78 Å². The Hall–Kier alpha value is -3.09. The number of carbonyl (C=O) groups excluding carboxylic acids is 2. The first-order valence-electron chi connectivity index (χ1n) is 9.56. The van der Waals surface area contributed by atoms with Crippen molar-refractivity contribution in [3.05, 3.63) is 54.4 Å². The molecule has 1 fully saturated rings. The fourth-order valence-corrected chi connectivity index (χ4v) is 3.20. The van der Waals surface area contributed by atoms with Crippen molar-refractivity contribution in [2.75, 3.05) is 37.0 Å². The Morgan fingerprint density at radius 2 is 1.89 bits per heavy atom. The van der Waals surface area contributed by atoms with Crippen LogP contribution in [-0.4, -0.2) is 54.7 Å². The molecule has 0 unspecified atom stereocenters. The van der Waals surface area contributed by atoms with Crippen LogP contribution in [0.25, 0.3) is 0 Å². The average molecular weight is 382 g/mol. The number of benzene rings is 1. The van der Waals surface area contributed by atoms with Crippen LogP contribution in [-0.2, 0) is 4.74 Å². The number of amides is 2. The van der Waals surface area contributed by atoms with Crippen molar-refractivity contribution < 1.29 is 14.3 Å². The van der Waals surface area contributed by atoms with E-state index >= 15 is 0 Å². The molecule has 148 valence electrons. The second-order valence-corrected chi connectivity index (χ2v) is 6.74. The molecule has 3 rings (SSSR count). The highest BCUT2D eigenvalue weighted by Gasteiger charge is 2.23. The average Bonchev–Trinajstić information content (AvgIpc) is 2.74. The van der Waals surface area contributed by atoms with E-state index in [1.54, 1.807) is 29.1 Å². The van der Waals surface area contributed by atoms with Gasteiger partial charge >= 0.3 is 6.09 Å². The molecule has 1 aromatic heterocycles. The van der Waals surface area contributed by atoms with E-state index in [0.717, 1.165) is 24.2 Å². The minimum absolute atomic E-state index is 0.152. The molecule has 2 aromatic rings. The number of piperidine rings is 1. The number of rotatable bonds is 5. The zero-order chi connectivity index (χ0) is 19.9. The van der Waals surface area contributed by atoms with Gasteiger partial charge in [0.2, 0.25) is 0 Å². The summed E-state index contributed by atoms with van der Waals surface area (Å²) < 4.78 is 5.04. The van der Waals surface area contributed by atoms with Gasteiger partial charge in [-0.05, 0) is 44.0 Å². The fraction of sp³-hybridized carbons (Fsp3) is 0.381. The van der Waals surface area contributed by atoms with Crippen LogP contribution in [0.1, 0.15) is 30.3 Å². The maximum absolute atomic E-state index is 12.6. The third kappa shape index (κ3) is 4.79. The van der Waals surface area contributed by atoms with Crippen LogP contribution in [0.4, 0.5) is 16.2 Å². The van der Waals surface area contributed by atoms with Gasteiger partial charge in [0.05, 0.1) is 18.5 Å². The van der Waals surface area contributed by atoms with Crippen LogP contribution in [0, 0.1) is 0 Å². The summed E-state index contributed by atoms with van der Waals surface area (Å²) in [6.07, 6.45) is 3.13. The normalized spacial score (nSPS) is 14.4. The van der Waals surface area contributed by atoms with Crippen molar-refractivity contribution in [3.8, 4) is 0 Å². The molecular formula is C21H26N4O3. The predicted octanol–water partition coefficient (Wildman–Crippen LogP) is 3.39. The van der Waals surface area contributed by atoms with E-state index in [-0.39, 0.29) is 18.0 Å². The lowest BCUT2D eigenvalue weighted by Crippen LogP contribution is -2.42. The van der Waals surface area contributed by atoms with Crippen LogP contribution in [0.3, 0.4) is 0 Å². The van der Waals surface area contributed by atoms with Crippen molar-refractivity contribution in [1.82, 2.24) is 9.88 Å². The summed E-state index contributed by atoms with van der Waals surface area (Å²) in [5.74, 6) is -0.152. The van der Waals surface area contributed by atoms with Gasteiger partial charge in [0.1, 0.15) is 5.69 Å². The number of carbonyl (C=O) groups is 2. The van der Waals surface area contributed by atoms with E-state index in [4.69, 9.17) is 4.74 Å². The highest BCUT2D eigenvalue weighted by molar-refractivity contribution is 6.04. The Morgan fingerprint density at radius 1 is 1.18 bits per heavy atom. The van der Waals surface area contributed by atoms with Crippen LogP contribution < -0.4 is 10.2 Å². The highest BCUT2D eigenvalue weighted by Crippen LogP contribution is 2.18. The number of ether oxygens (including phenoxy) is 1. The van der Waals surface area contributed by atoms with Gasteiger partial charge in [0.25, 0.3) is 5.91 Å². The van der Waals surface area contributed by atoms with Crippen molar-refractivity contribution >= 4 is 23.4 Å². The van der Waals surface area contributed by atoms with E-state index in [2.05, 4.69) is 10.3 Å². The molecule has 0 radical (unpaired) electrons. The van der Waals surface area contributed by atoms with E-state index in [1.165, 1.54) is 0 Å². The standard InChI is InChI=1S/C21H26N4O3/c1-3-28-21(27)25-13-11-16(12-14-25)23-17-9-10-19(22-15-17)20(26)24(2)18-7-5-4-6-8-18/h4-10,15-16,23H,3,11-14H2,1-2H3. The van der Waals surface area contributed by atoms with Gasteiger partial charge in [-0.2, -0.15) is 0 Å². The third-order valence-electron chi connectivity index (χ3n) is 4.82. The lowest BCUT2D eigenvalue weighted by Gasteiger charge is -2.32. The van der Waals surface area contributed by atoms with Gasteiger partial charge in [0.15, 0.2) is 0 Å². The van der Waals surface area contributed by atoms with Crippen molar-refractivity contribution in [1.29, 1.82) is 0 Å². The molecule has 1 aliphatic heterocycles. The van der Waals surface area contributed by atoms with E-state index in [9.17, 15) is 9.59 Å². The fourth-order valence-electron chi connectivity index (χ4n) is 3.20. The Labute approximate surface area is 165 Å². The summed E-state index contributed by atoms with van der Waals surface area (Å²) in [4.78, 5) is 32.0. The predicted molar refractivity (Wildman–Crippen MR) is 109 cm³/mol. The molecule has 7 nitrogen and oxygen atoms in total. The first-order valence-corrected chi connectivity index (χ1v) is 9.56. The molecule has 1 saturated heterocycles. The minimum Gasteiger partial charge on any atom is -0.450 e. The Bertz CT molecular complexity index is 787. The maximum Gasteiger partial charge on any atom is 0.409 e. The highest BCUT2D eigenvalue weighted by atomic mass is 16.6. The minimum atomic E-state index is -0.243.